The lowest BCUT2D eigenvalue weighted by atomic mass is 10.0. The first-order valence-electron chi connectivity index (χ1n) is 9.63. The van der Waals surface area contributed by atoms with E-state index in [9.17, 15) is 4.79 Å². The summed E-state index contributed by atoms with van der Waals surface area (Å²) in [6, 6.07) is 11.8. The average Bonchev–Trinajstić information content (AvgIpc) is 3.05. The number of aromatic nitrogens is 1. The second kappa shape index (κ2) is 6.85. The molecule has 0 unspecified atom stereocenters. The number of benzene rings is 1. The molecule has 2 aromatic rings. The molecule has 3 aliphatic heterocycles. The molecule has 6 heteroatoms. The van der Waals surface area contributed by atoms with Crippen molar-refractivity contribution in [3.63, 3.8) is 0 Å². The summed E-state index contributed by atoms with van der Waals surface area (Å²) in [6.07, 6.45) is 3.91. The second-order valence-corrected chi connectivity index (χ2v) is 7.48. The zero-order valence-corrected chi connectivity index (χ0v) is 15.2. The number of para-hydroxylation sites is 2. The number of amides is 1. The number of carbonyl (C=O) groups excluding carboxylic acids is 1. The van der Waals surface area contributed by atoms with Crippen LogP contribution in [0.3, 0.4) is 0 Å². The Morgan fingerprint density at radius 2 is 2.04 bits per heavy atom. The number of ether oxygens (including phenoxy) is 2. The number of rotatable bonds is 3. The first-order valence-corrected chi connectivity index (χ1v) is 9.63. The molecule has 4 heterocycles. The van der Waals surface area contributed by atoms with Crippen molar-refractivity contribution < 1.29 is 14.3 Å². The standard InChI is InChI=1S/C21H23N3O3/c25-21-17-6-3-9-22-18(17)13-24(21)15-5-4-10-23(11-15)12-16-14-26-19-7-1-2-8-20(19)27-16/h1-3,6-9,15-16H,4-5,10-14H2/t15-,16-/m0/s1. The zero-order valence-electron chi connectivity index (χ0n) is 15.2. The number of likely N-dealkylation sites (tertiary alicyclic amines) is 1. The Bertz CT molecular complexity index is 856. The molecular formula is C21H23N3O3. The highest BCUT2D eigenvalue weighted by Crippen LogP contribution is 2.32. The van der Waals surface area contributed by atoms with Gasteiger partial charge in [-0.2, -0.15) is 0 Å². The Balaban J connectivity index is 1.23. The maximum atomic E-state index is 12.8. The van der Waals surface area contributed by atoms with Crippen molar-refractivity contribution in [2.45, 2.75) is 31.5 Å². The molecule has 0 saturated carbocycles. The van der Waals surface area contributed by atoms with Gasteiger partial charge in [-0.05, 0) is 43.7 Å². The topological polar surface area (TPSA) is 54.9 Å². The van der Waals surface area contributed by atoms with Gasteiger partial charge in [-0.3, -0.25) is 14.7 Å². The largest absolute Gasteiger partial charge is 0.486 e. The monoisotopic (exact) mass is 365 g/mol. The van der Waals surface area contributed by atoms with Crippen LogP contribution in [-0.2, 0) is 6.54 Å². The highest BCUT2D eigenvalue weighted by atomic mass is 16.6. The number of piperidine rings is 1. The van der Waals surface area contributed by atoms with Crippen molar-refractivity contribution >= 4 is 5.91 Å². The normalized spacial score (nSPS) is 24.7. The summed E-state index contributed by atoms with van der Waals surface area (Å²) < 4.78 is 11.9. The van der Waals surface area contributed by atoms with Gasteiger partial charge in [-0.15, -0.1) is 0 Å². The van der Waals surface area contributed by atoms with E-state index in [-0.39, 0.29) is 18.1 Å². The molecule has 0 radical (unpaired) electrons. The van der Waals surface area contributed by atoms with Crippen molar-refractivity contribution in [3.8, 4) is 11.5 Å². The smallest absolute Gasteiger partial charge is 0.256 e. The molecule has 6 nitrogen and oxygen atoms in total. The van der Waals surface area contributed by atoms with Gasteiger partial charge in [-0.25, -0.2) is 0 Å². The van der Waals surface area contributed by atoms with Gasteiger partial charge in [0.15, 0.2) is 11.5 Å². The van der Waals surface area contributed by atoms with E-state index in [1.807, 2.05) is 41.3 Å². The van der Waals surface area contributed by atoms with E-state index in [1.165, 1.54) is 0 Å². The lowest BCUT2D eigenvalue weighted by molar-refractivity contribution is 0.0306. The lowest BCUT2D eigenvalue weighted by Crippen LogP contribution is -2.51. The van der Waals surface area contributed by atoms with Gasteiger partial charge in [0.2, 0.25) is 0 Å². The van der Waals surface area contributed by atoms with E-state index in [0.29, 0.717) is 13.2 Å². The minimum atomic E-state index is 0.0202. The van der Waals surface area contributed by atoms with Gasteiger partial charge in [-0.1, -0.05) is 12.1 Å². The summed E-state index contributed by atoms with van der Waals surface area (Å²) in [5.41, 5.74) is 1.66. The van der Waals surface area contributed by atoms with Crippen LogP contribution in [0.1, 0.15) is 28.9 Å². The van der Waals surface area contributed by atoms with Gasteiger partial charge in [0.1, 0.15) is 12.7 Å². The number of nitrogens with zero attached hydrogens (tertiary/aromatic N) is 3. The fraction of sp³-hybridized carbons (Fsp3) is 0.429. The van der Waals surface area contributed by atoms with E-state index in [2.05, 4.69) is 9.88 Å². The molecule has 0 spiro atoms. The second-order valence-electron chi connectivity index (χ2n) is 7.48. The van der Waals surface area contributed by atoms with Crippen LogP contribution in [0.25, 0.3) is 0 Å². The van der Waals surface area contributed by atoms with Crippen LogP contribution in [0.2, 0.25) is 0 Å². The molecule has 0 bridgehead atoms. The van der Waals surface area contributed by atoms with Crippen LogP contribution in [0.4, 0.5) is 0 Å². The minimum absolute atomic E-state index is 0.0202. The highest BCUT2D eigenvalue weighted by molar-refractivity contribution is 5.97. The molecule has 1 aromatic carbocycles. The zero-order chi connectivity index (χ0) is 18.2. The number of hydrogen-bond acceptors (Lipinski definition) is 5. The lowest BCUT2D eigenvalue weighted by Gasteiger charge is -2.39. The average molecular weight is 365 g/mol. The van der Waals surface area contributed by atoms with E-state index in [0.717, 1.165) is 55.2 Å². The molecule has 5 rings (SSSR count). The van der Waals surface area contributed by atoms with Crippen LogP contribution in [-0.4, -0.2) is 59.1 Å². The van der Waals surface area contributed by atoms with Crippen molar-refractivity contribution in [3.05, 3.63) is 53.9 Å². The van der Waals surface area contributed by atoms with Gasteiger partial charge >= 0.3 is 0 Å². The molecular weight excluding hydrogens is 342 g/mol. The maximum absolute atomic E-state index is 12.8. The Hall–Kier alpha value is -2.60. The summed E-state index contributed by atoms with van der Waals surface area (Å²) in [5.74, 6) is 1.76. The van der Waals surface area contributed by atoms with E-state index < -0.39 is 0 Å². The van der Waals surface area contributed by atoms with Gasteiger partial charge in [0, 0.05) is 25.3 Å². The molecule has 1 aromatic heterocycles. The van der Waals surface area contributed by atoms with Gasteiger partial charge < -0.3 is 14.4 Å². The number of hydrogen-bond donors (Lipinski definition) is 0. The molecule has 0 aliphatic carbocycles. The molecule has 1 amide bonds. The summed E-state index contributed by atoms with van der Waals surface area (Å²) in [4.78, 5) is 21.5. The van der Waals surface area contributed by atoms with Crippen LogP contribution in [0.15, 0.2) is 42.6 Å². The highest BCUT2D eigenvalue weighted by Gasteiger charge is 2.36. The summed E-state index contributed by atoms with van der Waals surface area (Å²) >= 11 is 0. The molecule has 1 saturated heterocycles. The quantitative estimate of drug-likeness (QED) is 0.836. The van der Waals surface area contributed by atoms with Crippen molar-refractivity contribution in [1.82, 2.24) is 14.8 Å². The minimum Gasteiger partial charge on any atom is -0.486 e. The van der Waals surface area contributed by atoms with Crippen molar-refractivity contribution in [2.24, 2.45) is 0 Å². The number of carbonyl (C=O) groups is 1. The Kier molecular flexibility index (Phi) is 4.20. The molecule has 0 N–H and O–H groups in total. The molecule has 140 valence electrons. The van der Waals surface area contributed by atoms with Crippen LogP contribution < -0.4 is 9.47 Å². The third-order valence-electron chi connectivity index (χ3n) is 5.65. The van der Waals surface area contributed by atoms with E-state index in [4.69, 9.17) is 9.47 Å². The van der Waals surface area contributed by atoms with Gasteiger partial charge in [0.25, 0.3) is 5.91 Å². The fourth-order valence-electron chi connectivity index (χ4n) is 4.33. The SMILES string of the molecule is O=C1c2cccnc2CN1[C@H]1CCCN(C[C@H]2COc3ccccc3O2)C1. The van der Waals surface area contributed by atoms with Crippen LogP contribution in [0.5, 0.6) is 11.5 Å². The molecule has 2 atom stereocenters. The molecule has 1 fully saturated rings. The maximum Gasteiger partial charge on any atom is 0.256 e. The molecule has 27 heavy (non-hydrogen) atoms. The van der Waals surface area contributed by atoms with E-state index >= 15 is 0 Å². The first-order chi connectivity index (χ1) is 13.3. The third-order valence-corrected chi connectivity index (χ3v) is 5.65. The van der Waals surface area contributed by atoms with Crippen LogP contribution >= 0.6 is 0 Å². The summed E-state index contributed by atoms with van der Waals surface area (Å²) in [5, 5.41) is 0. The number of fused-ring (bicyclic) bond motifs is 2. The first kappa shape index (κ1) is 16.6. The Labute approximate surface area is 158 Å². The fourth-order valence-corrected chi connectivity index (χ4v) is 4.33. The molecule has 3 aliphatic rings. The van der Waals surface area contributed by atoms with Gasteiger partial charge in [0.05, 0.1) is 17.8 Å². The summed E-state index contributed by atoms with van der Waals surface area (Å²) in [6.45, 7) is 3.92. The Morgan fingerprint density at radius 3 is 2.93 bits per heavy atom. The predicted octanol–water partition coefficient (Wildman–Crippen LogP) is 2.34. The Morgan fingerprint density at radius 1 is 1.15 bits per heavy atom. The third kappa shape index (κ3) is 3.14. The van der Waals surface area contributed by atoms with Crippen molar-refractivity contribution in [2.75, 3.05) is 26.2 Å². The van der Waals surface area contributed by atoms with E-state index in [1.54, 1.807) is 6.20 Å². The number of pyridine rings is 1. The van der Waals surface area contributed by atoms with Crippen LogP contribution in [0, 0.1) is 0 Å². The predicted molar refractivity (Wildman–Crippen MR) is 99.9 cm³/mol. The summed E-state index contributed by atoms with van der Waals surface area (Å²) in [7, 11) is 0. The van der Waals surface area contributed by atoms with Crippen molar-refractivity contribution in [1.29, 1.82) is 0 Å².